The Hall–Kier alpha value is -6.88. The van der Waals surface area contributed by atoms with E-state index in [0.717, 1.165) is 11.4 Å². The predicted octanol–water partition coefficient (Wildman–Crippen LogP) is 13.1. The Balaban J connectivity index is 1.03. The molecule has 1 unspecified atom stereocenters. The normalized spacial score (nSPS) is 15.2. The van der Waals surface area contributed by atoms with Crippen molar-refractivity contribution in [2.24, 2.45) is 0 Å². The van der Waals surface area contributed by atoms with Crippen molar-refractivity contribution < 1.29 is 0 Å². The second-order valence-electron chi connectivity index (χ2n) is 14.2. The molecule has 0 N–H and O–H groups in total. The molecule has 0 heterocycles. The molecule has 238 valence electrons. The zero-order valence-corrected chi connectivity index (χ0v) is 28.2. The summed E-state index contributed by atoms with van der Waals surface area (Å²) < 4.78 is 0. The highest BCUT2D eigenvalue weighted by atomic mass is 15.1. The summed E-state index contributed by atoms with van der Waals surface area (Å²) in [4.78, 5) is 2.40. The minimum atomic E-state index is -0.328. The van der Waals surface area contributed by atoms with Gasteiger partial charge in [-0.15, -0.1) is 0 Å². The average Bonchev–Trinajstić information content (AvgIpc) is 3.81. The van der Waals surface area contributed by atoms with Gasteiger partial charge in [0.15, 0.2) is 0 Å². The molecular formula is C51H29N. The molecule has 9 aromatic rings. The predicted molar refractivity (Wildman–Crippen MR) is 215 cm³/mol. The van der Waals surface area contributed by atoms with E-state index in [1.807, 2.05) is 6.07 Å². The first-order valence-corrected chi connectivity index (χ1v) is 18.0. The monoisotopic (exact) mass is 655 g/mol. The van der Waals surface area contributed by atoms with Gasteiger partial charge in [-0.25, -0.2) is 0 Å². The first kappa shape index (κ1) is 27.9. The summed E-state index contributed by atoms with van der Waals surface area (Å²) in [5.74, 6) is 0. The molecule has 0 amide bonds. The molecule has 1 atom stereocenters. The lowest BCUT2D eigenvalue weighted by molar-refractivity contribution is 0.818. The molecule has 9 aromatic carbocycles. The van der Waals surface area contributed by atoms with Crippen LogP contribution in [0.1, 0.15) is 22.3 Å². The topological polar surface area (TPSA) is 3.24 Å². The van der Waals surface area contributed by atoms with Crippen molar-refractivity contribution in [3.05, 3.63) is 210 Å². The fraction of sp³-hybridized carbons (Fsp3) is 0.0196. The Kier molecular flexibility index (Phi) is 5.42. The Morgan fingerprint density at radius 3 is 1.87 bits per heavy atom. The third kappa shape index (κ3) is 3.44. The largest absolute Gasteiger partial charge is 0.310 e. The highest BCUT2D eigenvalue weighted by Gasteiger charge is 2.57. The van der Waals surface area contributed by atoms with E-state index < -0.39 is 0 Å². The third-order valence-electron chi connectivity index (χ3n) is 11.8. The maximum atomic E-state index is 3.52. The molecule has 3 aliphatic carbocycles. The molecule has 12 rings (SSSR count). The maximum Gasteiger partial charge on any atom is 0.0744 e. The average molecular weight is 656 g/mol. The molecule has 1 spiro atoms. The molecule has 52 heavy (non-hydrogen) atoms. The second kappa shape index (κ2) is 10.1. The van der Waals surface area contributed by atoms with E-state index in [1.54, 1.807) is 0 Å². The molecule has 0 aromatic heterocycles. The SMILES string of the molecule is c1ccc2c(c#1)-c1cccc3c1C21c2cc(-c4ccc(N(c5ccccc5)c5cc6ccccc6c6ccccc56)cc4)ccc2-c2cccc-3c21. The van der Waals surface area contributed by atoms with Crippen LogP contribution in [0.15, 0.2) is 176 Å². The first-order chi connectivity index (χ1) is 25.8. The lowest BCUT2D eigenvalue weighted by atomic mass is 9.73. The summed E-state index contributed by atoms with van der Waals surface area (Å²) in [5.41, 5.74) is 18.9. The van der Waals surface area contributed by atoms with Gasteiger partial charge >= 0.3 is 0 Å². The molecule has 1 nitrogen and oxygen atoms in total. The molecule has 3 aliphatic rings. The van der Waals surface area contributed by atoms with Gasteiger partial charge in [0.2, 0.25) is 0 Å². The van der Waals surface area contributed by atoms with Gasteiger partial charge in [-0.1, -0.05) is 140 Å². The number of nitrogens with zero attached hydrogens (tertiary/aromatic N) is 1. The minimum absolute atomic E-state index is 0.328. The Morgan fingerprint density at radius 1 is 0.423 bits per heavy atom. The second-order valence-corrected chi connectivity index (χ2v) is 14.2. The van der Waals surface area contributed by atoms with Crippen LogP contribution in [0.4, 0.5) is 17.1 Å². The van der Waals surface area contributed by atoms with Crippen LogP contribution in [0.25, 0.3) is 66.1 Å². The van der Waals surface area contributed by atoms with Crippen LogP contribution in [0.2, 0.25) is 0 Å². The molecule has 0 bridgehead atoms. The van der Waals surface area contributed by atoms with E-state index in [1.165, 1.54) is 94.0 Å². The summed E-state index contributed by atoms with van der Waals surface area (Å²) in [6.07, 6.45) is 0. The number of benzene rings is 8. The summed E-state index contributed by atoms with van der Waals surface area (Å²) in [6, 6.07) is 71.6. The summed E-state index contributed by atoms with van der Waals surface area (Å²) >= 11 is 0. The van der Waals surface area contributed by atoms with Crippen LogP contribution in [0.3, 0.4) is 0 Å². The number of para-hydroxylation sites is 1. The summed E-state index contributed by atoms with van der Waals surface area (Å²) in [5, 5.41) is 4.99. The van der Waals surface area contributed by atoms with Crippen LogP contribution in [0, 0.1) is 12.1 Å². The molecule has 1 heteroatoms. The van der Waals surface area contributed by atoms with Crippen molar-refractivity contribution in [3.8, 4) is 44.5 Å². The van der Waals surface area contributed by atoms with Gasteiger partial charge < -0.3 is 4.90 Å². The van der Waals surface area contributed by atoms with E-state index in [-0.39, 0.29) is 5.41 Å². The number of fused-ring (bicyclic) bond motifs is 8. The van der Waals surface area contributed by atoms with Crippen molar-refractivity contribution in [2.75, 3.05) is 4.90 Å². The number of rotatable bonds is 4. The Labute approximate surface area is 302 Å². The van der Waals surface area contributed by atoms with Crippen molar-refractivity contribution in [2.45, 2.75) is 5.41 Å². The molecule has 0 saturated carbocycles. The van der Waals surface area contributed by atoms with Crippen LogP contribution in [-0.4, -0.2) is 0 Å². The standard InChI is InChI=1S/C51H29N/c1-2-13-35(14-3-1)52(48-31-34-12-4-5-15-37(34)38-16-6-7-18-41(38)48)36-27-24-32(25-28-36)33-26-29-40-43-20-11-22-45-44-21-10-19-42-39-17-8-9-23-46(39)51(49(42)44,50(43)45)47(40)30-33/h1-7,9-16,18-31H. The van der Waals surface area contributed by atoms with Gasteiger partial charge in [0.1, 0.15) is 0 Å². The molecule has 0 radical (unpaired) electrons. The van der Waals surface area contributed by atoms with E-state index >= 15 is 0 Å². The number of hydrogen-bond donors (Lipinski definition) is 0. The maximum absolute atomic E-state index is 3.52. The first-order valence-electron chi connectivity index (χ1n) is 18.0. The zero-order chi connectivity index (χ0) is 34.0. The van der Waals surface area contributed by atoms with Gasteiger partial charge in [0, 0.05) is 22.3 Å². The molecular weight excluding hydrogens is 627 g/mol. The van der Waals surface area contributed by atoms with E-state index in [4.69, 9.17) is 0 Å². The number of hydrogen-bond acceptors (Lipinski definition) is 1. The highest BCUT2D eigenvalue weighted by Crippen LogP contribution is 2.69. The lowest BCUT2D eigenvalue weighted by Crippen LogP contribution is -2.23. The fourth-order valence-corrected chi connectivity index (χ4v) is 9.81. The molecule has 0 aliphatic heterocycles. The molecule has 0 fully saturated rings. The fourth-order valence-electron chi connectivity index (χ4n) is 9.81. The summed E-state index contributed by atoms with van der Waals surface area (Å²) in [6.45, 7) is 0. The van der Waals surface area contributed by atoms with E-state index in [2.05, 4.69) is 187 Å². The van der Waals surface area contributed by atoms with Crippen LogP contribution in [0.5, 0.6) is 0 Å². The third-order valence-corrected chi connectivity index (χ3v) is 11.8. The summed E-state index contributed by atoms with van der Waals surface area (Å²) in [7, 11) is 0. The zero-order valence-electron chi connectivity index (χ0n) is 28.2. The van der Waals surface area contributed by atoms with E-state index in [9.17, 15) is 0 Å². The van der Waals surface area contributed by atoms with Crippen molar-refractivity contribution in [1.29, 1.82) is 0 Å². The van der Waals surface area contributed by atoms with Crippen molar-refractivity contribution in [3.63, 3.8) is 0 Å². The number of anilines is 3. The highest BCUT2D eigenvalue weighted by molar-refractivity contribution is 6.14. The smallest absolute Gasteiger partial charge is 0.0744 e. The van der Waals surface area contributed by atoms with Gasteiger partial charge in [-0.05, 0) is 126 Å². The van der Waals surface area contributed by atoms with Crippen molar-refractivity contribution >= 4 is 38.6 Å². The van der Waals surface area contributed by atoms with Gasteiger partial charge in [0.05, 0.1) is 11.1 Å². The quantitative estimate of drug-likeness (QED) is 0.171. The van der Waals surface area contributed by atoms with Gasteiger partial charge in [0.25, 0.3) is 0 Å². The minimum Gasteiger partial charge on any atom is -0.310 e. The molecule has 0 saturated heterocycles. The van der Waals surface area contributed by atoms with Crippen LogP contribution < -0.4 is 4.90 Å². The lowest BCUT2D eigenvalue weighted by Gasteiger charge is -2.28. The van der Waals surface area contributed by atoms with Gasteiger partial charge in [-0.2, -0.15) is 0 Å². The van der Waals surface area contributed by atoms with Gasteiger partial charge in [-0.3, -0.25) is 0 Å². The Morgan fingerprint density at radius 2 is 1.06 bits per heavy atom. The van der Waals surface area contributed by atoms with Crippen LogP contribution in [-0.2, 0) is 5.41 Å². The van der Waals surface area contributed by atoms with E-state index in [0.29, 0.717) is 0 Å². The van der Waals surface area contributed by atoms with Crippen LogP contribution >= 0.6 is 0 Å². The Bertz CT molecular complexity index is 2920. The van der Waals surface area contributed by atoms with Crippen molar-refractivity contribution in [1.82, 2.24) is 0 Å².